The van der Waals surface area contributed by atoms with Crippen molar-refractivity contribution < 1.29 is 39.9 Å². The Balaban J connectivity index is 3.07. The first-order valence-corrected chi connectivity index (χ1v) is 6.27. The number of rotatable bonds is 5. The van der Waals surface area contributed by atoms with E-state index in [-0.39, 0.29) is 6.54 Å². The van der Waals surface area contributed by atoms with Crippen LogP contribution in [0.5, 0.6) is 0 Å². The Labute approximate surface area is 120 Å². The minimum atomic E-state index is -2.74. The fraction of sp³-hybridized carbons (Fsp3) is 0.818. The average molecular weight is 308 g/mol. The summed E-state index contributed by atoms with van der Waals surface area (Å²) in [6.07, 6.45) is -6.98. The van der Waals surface area contributed by atoms with Crippen LogP contribution in [0.25, 0.3) is 0 Å². The van der Waals surface area contributed by atoms with Crippen LogP contribution < -0.4 is 11.1 Å². The highest BCUT2D eigenvalue weighted by Gasteiger charge is 2.53. The zero-order valence-corrected chi connectivity index (χ0v) is 11.3. The van der Waals surface area contributed by atoms with Gasteiger partial charge in [-0.15, -0.1) is 0 Å². The third-order valence-corrected chi connectivity index (χ3v) is 3.26. The molecule has 0 saturated carbocycles. The van der Waals surface area contributed by atoms with Crippen molar-refractivity contribution in [3.63, 3.8) is 0 Å². The van der Waals surface area contributed by atoms with E-state index in [2.05, 4.69) is 5.32 Å². The van der Waals surface area contributed by atoms with E-state index in [4.69, 9.17) is 15.6 Å². The smallest absolute Gasteiger partial charge is 0.364 e. The van der Waals surface area contributed by atoms with Gasteiger partial charge in [-0.2, -0.15) is 0 Å². The van der Waals surface area contributed by atoms with E-state index in [1.807, 2.05) is 0 Å². The van der Waals surface area contributed by atoms with E-state index in [9.17, 15) is 30.0 Å². The maximum absolute atomic E-state index is 11.1. The van der Waals surface area contributed by atoms with Gasteiger partial charge in [0.2, 0.25) is 5.91 Å². The summed E-state index contributed by atoms with van der Waals surface area (Å²) in [7, 11) is 0. The van der Waals surface area contributed by atoms with Gasteiger partial charge in [-0.3, -0.25) is 4.79 Å². The number of carboxylic acid groups (broad SMARTS) is 1. The van der Waals surface area contributed by atoms with Crippen molar-refractivity contribution in [3.05, 3.63) is 0 Å². The topological polar surface area (TPSA) is 183 Å². The Hall–Kier alpha value is -1.30. The van der Waals surface area contributed by atoms with Crippen LogP contribution in [0.4, 0.5) is 0 Å². The van der Waals surface area contributed by atoms with Gasteiger partial charge >= 0.3 is 5.97 Å². The van der Waals surface area contributed by atoms with E-state index in [0.29, 0.717) is 0 Å². The lowest BCUT2D eigenvalue weighted by molar-refractivity contribution is -0.294. The Morgan fingerprint density at radius 3 is 2.48 bits per heavy atom. The highest BCUT2D eigenvalue weighted by molar-refractivity contribution is 5.76. The van der Waals surface area contributed by atoms with Crippen molar-refractivity contribution in [2.24, 2.45) is 5.73 Å². The first-order valence-electron chi connectivity index (χ1n) is 6.27. The summed E-state index contributed by atoms with van der Waals surface area (Å²) in [5.41, 5.74) is 5.19. The summed E-state index contributed by atoms with van der Waals surface area (Å²) in [5, 5.41) is 50.5. The van der Waals surface area contributed by atoms with Gasteiger partial charge in [-0.25, -0.2) is 4.79 Å². The second-order valence-corrected chi connectivity index (χ2v) is 4.96. The molecule has 0 aromatic heterocycles. The highest BCUT2D eigenvalue weighted by Crippen LogP contribution is 2.30. The average Bonchev–Trinajstić information content (AvgIpc) is 2.39. The van der Waals surface area contributed by atoms with Crippen molar-refractivity contribution >= 4 is 11.9 Å². The molecule has 10 nitrogen and oxygen atoms in total. The van der Waals surface area contributed by atoms with Gasteiger partial charge in [0.1, 0.15) is 12.2 Å². The molecule has 0 radical (unpaired) electrons. The van der Waals surface area contributed by atoms with Crippen LogP contribution in [-0.4, -0.2) is 80.2 Å². The fourth-order valence-electron chi connectivity index (χ4n) is 2.17. The second-order valence-electron chi connectivity index (χ2n) is 4.96. The number of ether oxygens (including phenoxy) is 1. The van der Waals surface area contributed by atoms with E-state index in [0.717, 1.165) is 6.92 Å². The molecular formula is C11H20N2O8. The van der Waals surface area contributed by atoms with Gasteiger partial charge in [-0.05, 0) is 0 Å². The molecule has 0 unspecified atom stereocenters. The molecule has 1 amide bonds. The number of hydrogen-bond acceptors (Lipinski definition) is 8. The van der Waals surface area contributed by atoms with E-state index < -0.39 is 54.5 Å². The predicted octanol–water partition coefficient (Wildman–Crippen LogP) is -3.91. The number of amides is 1. The molecule has 0 spiro atoms. The van der Waals surface area contributed by atoms with Gasteiger partial charge in [-0.1, -0.05) is 0 Å². The fourth-order valence-corrected chi connectivity index (χ4v) is 2.17. The molecule has 122 valence electrons. The molecule has 1 aliphatic heterocycles. The number of hydrogen-bond donors (Lipinski definition) is 7. The third kappa shape index (κ3) is 3.87. The van der Waals surface area contributed by atoms with Gasteiger partial charge in [0.25, 0.3) is 5.79 Å². The van der Waals surface area contributed by atoms with Crippen LogP contribution in [0.1, 0.15) is 13.3 Å². The summed E-state index contributed by atoms with van der Waals surface area (Å²) < 4.78 is 4.92. The molecule has 21 heavy (non-hydrogen) atoms. The van der Waals surface area contributed by atoms with E-state index in [1.165, 1.54) is 0 Å². The lowest BCUT2D eigenvalue weighted by atomic mass is 9.88. The van der Waals surface area contributed by atoms with Crippen molar-refractivity contribution in [2.45, 2.75) is 49.6 Å². The normalized spacial score (nSPS) is 35.8. The summed E-state index contributed by atoms with van der Waals surface area (Å²) in [6, 6.07) is -1.21. The molecule has 10 heteroatoms. The van der Waals surface area contributed by atoms with Crippen LogP contribution in [-0.2, 0) is 14.3 Å². The Bertz CT molecular complexity index is 406. The monoisotopic (exact) mass is 308 g/mol. The van der Waals surface area contributed by atoms with Crippen LogP contribution >= 0.6 is 0 Å². The predicted molar refractivity (Wildman–Crippen MR) is 66.8 cm³/mol. The highest BCUT2D eigenvalue weighted by atomic mass is 16.7. The molecule has 0 aromatic carbocycles. The Morgan fingerprint density at radius 2 is 2.05 bits per heavy atom. The molecule has 0 aromatic rings. The number of carbonyl (C=O) groups excluding carboxylic acids is 1. The number of aliphatic hydroxyl groups excluding tert-OH is 3. The van der Waals surface area contributed by atoms with E-state index in [1.54, 1.807) is 0 Å². The van der Waals surface area contributed by atoms with Crippen molar-refractivity contribution in [3.8, 4) is 0 Å². The van der Waals surface area contributed by atoms with Crippen LogP contribution in [0.15, 0.2) is 0 Å². The minimum Gasteiger partial charge on any atom is -0.477 e. The first-order chi connectivity index (χ1) is 9.62. The lowest BCUT2D eigenvalue weighted by Gasteiger charge is -2.44. The maximum atomic E-state index is 11.1. The SMILES string of the molecule is CC(=O)N[C@H]1[C@H]([C@@H](O)[C@@H](O)CN)O[C@@](O)(C(=O)O)C[C@H]1O. The molecule has 0 bridgehead atoms. The summed E-state index contributed by atoms with van der Waals surface area (Å²) in [5.74, 6) is -5.07. The summed E-state index contributed by atoms with van der Waals surface area (Å²) in [4.78, 5) is 22.2. The van der Waals surface area contributed by atoms with E-state index >= 15 is 0 Å². The minimum absolute atomic E-state index is 0.366. The van der Waals surface area contributed by atoms with Crippen LogP contribution in [0.3, 0.4) is 0 Å². The maximum Gasteiger partial charge on any atom is 0.364 e. The number of aliphatic carboxylic acids is 1. The Morgan fingerprint density at radius 1 is 1.48 bits per heavy atom. The number of nitrogens with two attached hydrogens (primary N) is 1. The molecule has 1 saturated heterocycles. The quantitative estimate of drug-likeness (QED) is 0.267. The van der Waals surface area contributed by atoms with Crippen molar-refractivity contribution in [1.82, 2.24) is 5.32 Å². The van der Waals surface area contributed by atoms with Crippen LogP contribution in [0, 0.1) is 0 Å². The molecule has 8 N–H and O–H groups in total. The largest absolute Gasteiger partial charge is 0.477 e. The number of carboxylic acids is 1. The summed E-state index contributed by atoms with van der Waals surface area (Å²) in [6.45, 7) is 0.781. The standard InChI is InChI=1S/C11H20N2O8/c1-4(14)13-7-5(15)2-11(20,10(18)19)21-9(7)8(17)6(16)3-12/h5-9,15-17,20H,2-3,12H2,1H3,(H,13,14)(H,18,19)/t5-,6+,7-,8+,9-,11-/m1/s1. The molecule has 1 rings (SSSR count). The van der Waals surface area contributed by atoms with Crippen LogP contribution in [0.2, 0.25) is 0 Å². The number of carbonyl (C=O) groups is 2. The first kappa shape index (κ1) is 17.8. The third-order valence-electron chi connectivity index (χ3n) is 3.26. The zero-order chi connectivity index (χ0) is 16.4. The molecule has 1 heterocycles. The molecule has 6 atom stereocenters. The van der Waals surface area contributed by atoms with Gasteiger partial charge in [0.15, 0.2) is 0 Å². The zero-order valence-electron chi connectivity index (χ0n) is 11.3. The summed E-state index contributed by atoms with van der Waals surface area (Å²) >= 11 is 0. The molecule has 1 aliphatic rings. The molecule has 0 aliphatic carbocycles. The second kappa shape index (κ2) is 6.64. The molecule has 1 fully saturated rings. The lowest BCUT2D eigenvalue weighted by Crippen LogP contribution is -2.67. The van der Waals surface area contributed by atoms with Gasteiger partial charge in [0, 0.05) is 19.9 Å². The Kier molecular flexibility index (Phi) is 5.61. The van der Waals surface area contributed by atoms with Gasteiger partial charge in [0.05, 0.1) is 18.2 Å². The molecular weight excluding hydrogens is 288 g/mol. The number of aliphatic hydroxyl groups is 4. The van der Waals surface area contributed by atoms with Crippen molar-refractivity contribution in [1.29, 1.82) is 0 Å². The number of nitrogens with one attached hydrogen (secondary N) is 1. The van der Waals surface area contributed by atoms with Gasteiger partial charge < -0.3 is 41.3 Å². The van der Waals surface area contributed by atoms with Crippen molar-refractivity contribution in [2.75, 3.05) is 6.54 Å².